The number of benzene rings is 1. The van der Waals surface area contributed by atoms with E-state index in [0.717, 1.165) is 35.5 Å². The molecule has 1 saturated heterocycles. The van der Waals surface area contributed by atoms with Crippen LogP contribution in [0.5, 0.6) is 0 Å². The molecule has 0 aromatic heterocycles. The van der Waals surface area contributed by atoms with E-state index in [1.807, 2.05) is 0 Å². The molecule has 1 N–H and O–H groups in total. The van der Waals surface area contributed by atoms with Crippen LogP contribution in [0.4, 0.5) is 8.78 Å². The second-order valence-corrected chi connectivity index (χ2v) is 7.10. The lowest BCUT2D eigenvalue weighted by Gasteiger charge is -2.34. The molecular weight excluding hydrogens is 314 g/mol. The molecule has 2 rings (SSSR count). The summed E-state index contributed by atoms with van der Waals surface area (Å²) in [6.07, 6.45) is 1.55. The van der Waals surface area contributed by atoms with Crippen LogP contribution in [-0.4, -0.2) is 62.1 Å². The lowest BCUT2D eigenvalue weighted by molar-refractivity contribution is 0.179. The number of aliphatic hydroxyl groups excluding tert-OH is 1. The molecule has 1 heterocycles. The standard InChI is InChI=1S/C14H20F2N2O3S/c15-12-4-3-5-13(16)14(12)22(20,21)18-9-7-17(8-10-18)6-1-2-11-19/h3-5,19H,1-2,6-11H2. The zero-order valence-electron chi connectivity index (χ0n) is 12.2. The van der Waals surface area contributed by atoms with Gasteiger partial charge in [0.25, 0.3) is 0 Å². The molecule has 1 fully saturated rings. The maximum atomic E-state index is 13.7. The van der Waals surface area contributed by atoms with E-state index in [-0.39, 0.29) is 19.7 Å². The Labute approximate surface area is 129 Å². The third kappa shape index (κ3) is 3.81. The van der Waals surface area contributed by atoms with Crippen LogP contribution in [0.25, 0.3) is 0 Å². The van der Waals surface area contributed by atoms with E-state index in [1.54, 1.807) is 0 Å². The van der Waals surface area contributed by atoms with Gasteiger partial charge < -0.3 is 10.0 Å². The van der Waals surface area contributed by atoms with E-state index in [0.29, 0.717) is 19.5 Å². The summed E-state index contributed by atoms with van der Waals surface area (Å²) in [5.74, 6) is -2.13. The van der Waals surface area contributed by atoms with Crippen LogP contribution >= 0.6 is 0 Å². The van der Waals surface area contributed by atoms with Crippen molar-refractivity contribution in [1.82, 2.24) is 9.21 Å². The van der Waals surface area contributed by atoms with Crippen LogP contribution in [0.1, 0.15) is 12.8 Å². The van der Waals surface area contributed by atoms with Crippen LogP contribution in [-0.2, 0) is 10.0 Å². The highest BCUT2D eigenvalue weighted by atomic mass is 32.2. The maximum Gasteiger partial charge on any atom is 0.249 e. The van der Waals surface area contributed by atoms with Crippen molar-refractivity contribution in [3.05, 3.63) is 29.8 Å². The number of nitrogens with zero attached hydrogens (tertiary/aromatic N) is 2. The van der Waals surface area contributed by atoms with Gasteiger partial charge in [-0.1, -0.05) is 6.07 Å². The minimum Gasteiger partial charge on any atom is -0.396 e. The van der Waals surface area contributed by atoms with Gasteiger partial charge in [-0.05, 0) is 31.5 Å². The Balaban J connectivity index is 2.04. The Hall–Kier alpha value is -1.09. The summed E-state index contributed by atoms with van der Waals surface area (Å²) in [6, 6.07) is 3.03. The summed E-state index contributed by atoms with van der Waals surface area (Å²) in [7, 11) is -4.16. The first-order valence-electron chi connectivity index (χ1n) is 7.24. The number of hydrogen-bond donors (Lipinski definition) is 1. The molecule has 0 amide bonds. The van der Waals surface area contributed by atoms with Gasteiger partial charge in [-0.15, -0.1) is 0 Å². The Bertz CT molecular complexity index is 582. The van der Waals surface area contributed by atoms with E-state index in [9.17, 15) is 17.2 Å². The van der Waals surface area contributed by atoms with Gasteiger partial charge in [0, 0.05) is 32.8 Å². The molecule has 0 atom stereocenters. The molecule has 0 aliphatic carbocycles. The lowest BCUT2D eigenvalue weighted by atomic mass is 10.3. The molecular formula is C14H20F2N2O3S. The molecule has 1 aliphatic heterocycles. The normalized spacial score (nSPS) is 17.8. The van der Waals surface area contributed by atoms with E-state index >= 15 is 0 Å². The average Bonchev–Trinajstić information content (AvgIpc) is 2.47. The van der Waals surface area contributed by atoms with Gasteiger partial charge in [0.05, 0.1) is 0 Å². The number of aliphatic hydroxyl groups is 1. The number of unbranched alkanes of at least 4 members (excludes halogenated alkanes) is 1. The van der Waals surface area contributed by atoms with Crippen molar-refractivity contribution in [2.24, 2.45) is 0 Å². The van der Waals surface area contributed by atoms with Crippen molar-refractivity contribution in [2.75, 3.05) is 39.3 Å². The molecule has 1 aromatic carbocycles. The number of sulfonamides is 1. The first-order chi connectivity index (χ1) is 10.5. The van der Waals surface area contributed by atoms with Crippen LogP contribution in [0.15, 0.2) is 23.1 Å². The van der Waals surface area contributed by atoms with E-state index in [4.69, 9.17) is 5.11 Å². The van der Waals surface area contributed by atoms with E-state index < -0.39 is 26.6 Å². The van der Waals surface area contributed by atoms with Gasteiger partial charge in [0.15, 0.2) is 4.90 Å². The van der Waals surface area contributed by atoms with Gasteiger partial charge >= 0.3 is 0 Å². The van der Waals surface area contributed by atoms with Crippen molar-refractivity contribution < 1.29 is 22.3 Å². The molecule has 124 valence electrons. The molecule has 0 unspecified atom stereocenters. The topological polar surface area (TPSA) is 60.9 Å². The van der Waals surface area contributed by atoms with E-state index in [2.05, 4.69) is 4.90 Å². The molecule has 0 bridgehead atoms. The summed E-state index contributed by atoms with van der Waals surface area (Å²) in [6.45, 7) is 2.36. The Morgan fingerprint density at radius 3 is 2.18 bits per heavy atom. The van der Waals surface area contributed by atoms with Gasteiger partial charge in [-0.25, -0.2) is 17.2 Å². The second-order valence-electron chi connectivity index (χ2n) is 5.23. The highest BCUT2D eigenvalue weighted by Crippen LogP contribution is 2.23. The Morgan fingerprint density at radius 2 is 1.64 bits per heavy atom. The first kappa shape index (κ1) is 17.3. The molecule has 0 spiro atoms. The van der Waals surface area contributed by atoms with Crippen LogP contribution in [0.3, 0.4) is 0 Å². The zero-order valence-corrected chi connectivity index (χ0v) is 13.0. The summed E-state index contributed by atoms with van der Waals surface area (Å²) in [5.41, 5.74) is 0. The van der Waals surface area contributed by atoms with Crippen molar-refractivity contribution in [1.29, 1.82) is 0 Å². The minimum absolute atomic E-state index is 0.140. The summed E-state index contributed by atoms with van der Waals surface area (Å²) >= 11 is 0. The zero-order chi connectivity index (χ0) is 16.2. The fourth-order valence-electron chi connectivity index (χ4n) is 2.50. The average molecular weight is 334 g/mol. The van der Waals surface area contributed by atoms with Crippen LogP contribution < -0.4 is 0 Å². The highest BCUT2D eigenvalue weighted by molar-refractivity contribution is 7.89. The number of hydrogen-bond acceptors (Lipinski definition) is 4. The van der Waals surface area contributed by atoms with E-state index in [1.165, 1.54) is 0 Å². The fourth-order valence-corrected chi connectivity index (χ4v) is 4.03. The molecule has 5 nitrogen and oxygen atoms in total. The minimum atomic E-state index is -4.16. The van der Waals surface area contributed by atoms with Gasteiger partial charge in [0.1, 0.15) is 11.6 Å². The van der Waals surface area contributed by atoms with Crippen molar-refractivity contribution >= 4 is 10.0 Å². The fraction of sp³-hybridized carbons (Fsp3) is 0.571. The molecule has 0 saturated carbocycles. The van der Waals surface area contributed by atoms with Gasteiger partial charge in [-0.3, -0.25) is 0 Å². The Kier molecular flexibility index (Phi) is 5.85. The summed E-state index contributed by atoms with van der Waals surface area (Å²) in [4.78, 5) is 1.21. The maximum absolute atomic E-state index is 13.7. The quantitative estimate of drug-likeness (QED) is 0.790. The first-order valence-corrected chi connectivity index (χ1v) is 8.68. The van der Waals surface area contributed by atoms with Crippen molar-refractivity contribution in [3.8, 4) is 0 Å². The third-order valence-corrected chi connectivity index (χ3v) is 5.68. The van der Waals surface area contributed by atoms with Crippen LogP contribution in [0.2, 0.25) is 0 Å². The second kappa shape index (κ2) is 7.45. The SMILES string of the molecule is O=S(=O)(c1c(F)cccc1F)N1CCN(CCCCO)CC1. The number of piperazine rings is 1. The van der Waals surface area contributed by atoms with Crippen LogP contribution in [0, 0.1) is 11.6 Å². The molecule has 1 aliphatic rings. The highest BCUT2D eigenvalue weighted by Gasteiger charge is 2.32. The monoisotopic (exact) mass is 334 g/mol. The molecule has 1 aromatic rings. The largest absolute Gasteiger partial charge is 0.396 e. The van der Waals surface area contributed by atoms with Gasteiger partial charge in [-0.2, -0.15) is 4.31 Å². The summed E-state index contributed by atoms with van der Waals surface area (Å²) in [5, 5.41) is 8.75. The van der Waals surface area contributed by atoms with Gasteiger partial charge in [0.2, 0.25) is 10.0 Å². The smallest absolute Gasteiger partial charge is 0.249 e. The van der Waals surface area contributed by atoms with Crippen molar-refractivity contribution in [2.45, 2.75) is 17.7 Å². The molecule has 0 radical (unpaired) electrons. The molecule has 22 heavy (non-hydrogen) atoms. The van der Waals surface area contributed by atoms with Crippen molar-refractivity contribution in [3.63, 3.8) is 0 Å². The number of halogens is 2. The summed E-state index contributed by atoms with van der Waals surface area (Å²) < 4.78 is 53.3. The predicted molar refractivity (Wildman–Crippen MR) is 77.9 cm³/mol. The number of rotatable bonds is 6. The Morgan fingerprint density at radius 1 is 1.05 bits per heavy atom. The lowest BCUT2D eigenvalue weighted by Crippen LogP contribution is -2.49. The predicted octanol–water partition coefficient (Wildman–Crippen LogP) is 1.04. The molecule has 8 heteroatoms. The third-order valence-electron chi connectivity index (χ3n) is 3.73.